The molecule has 174 valence electrons. The van der Waals surface area contributed by atoms with Crippen molar-refractivity contribution in [1.29, 1.82) is 0 Å². The minimum Gasteiger partial charge on any atom is -0.548 e. The van der Waals surface area contributed by atoms with Gasteiger partial charge in [-0.3, -0.25) is 14.2 Å². The average Bonchev–Trinajstić information content (AvgIpc) is 3.24. The maximum atomic E-state index is 12.9. The number of hydrogen-bond donors (Lipinski definition) is 1. The molecule has 0 aliphatic carbocycles. The lowest BCUT2D eigenvalue weighted by Crippen LogP contribution is -2.57. The van der Waals surface area contributed by atoms with Crippen LogP contribution >= 0.6 is 0 Å². The van der Waals surface area contributed by atoms with Crippen LogP contribution in [-0.2, 0) is 21.4 Å². The molecule has 1 saturated heterocycles. The van der Waals surface area contributed by atoms with Gasteiger partial charge in [-0.25, -0.2) is 0 Å². The third-order valence-electron chi connectivity index (χ3n) is 7.50. The zero-order chi connectivity index (χ0) is 23.8. The van der Waals surface area contributed by atoms with Gasteiger partial charge < -0.3 is 15.2 Å². The molecular formula is C27H33N3O3. The number of hydrogen-bond acceptors (Lipinski definition) is 4. The molecule has 0 bridgehead atoms. The highest BCUT2D eigenvalue weighted by atomic mass is 16.4. The minimum atomic E-state index is -1.28. The summed E-state index contributed by atoms with van der Waals surface area (Å²) in [6.45, 7) is 2.76. The standard InChI is InChI=1S/C27H33N3O3/c1-19(24(31)28-22(25(32)33)18-20-10-6-5-7-11-20)14-15-27-16-17-29(2)26(27)30(3,4)23-13-9-8-12-21(23)27/h5-14,22,26H,15-18H2,1-4H3,(H-,28,31,32,33)/b19-14+/t22-,26+,27-/m0/s1. The number of likely N-dealkylation sites (tertiary alicyclic amines) is 1. The predicted molar refractivity (Wildman–Crippen MR) is 128 cm³/mol. The van der Waals surface area contributed by atoms with Crippen LogP contribution in [-0.4, -0.2) is 56.7 Å². The van der Waals surface area contributed by atoms with Gasteiger partial charge in [-0.2, -0.15) is 0 Å². The first-order chi connectivity index (χ1) is 15.7. The molecule has 0 aromatic heterocycles. The number of nitrogens with zero attached hydrogens (tertiary/aromatic N) is 2. The molecular weight excluding hydrogens is 414 g/mol. The minimum absolute atomic E-state index is 0.0752. The van der Waals surface area contributed by atoms with E-state index in [-0.39, 0.29) is 23.9 Å². The normalized spacial score (nSPS) is 24.7. The van der Waals surface area contributed by atoms with E-state index in [1.165, 1.54) is 11.3 Å². The first-order valence-electron chi connectivity index (χ1n) is 11.5. The van der Waals surface area contributed by atoms with E-state index in [9.17, 15) is 14.7 Å². The number of fused-ring (bicyclic) bond motifs is 3. The maximum absolute atomic E-state index is 12.9. The summed E-state index contributed by atoms with van der Waals surface area (Å²) in [5.74, 6) is -1.64. The number of nitrogens with one attached hydrogen (secondary N) is 1. The molecule has 0 radical (unpaired) electrons. The summed E-state index contributed by atoms with van der Waals surface area (Å²) in [5.41, 5.74) is 3.97. The van der Waals surface area contributed by atoms with E-state index in [1.54, 1.807) is 6.92 Å². The van der Waals surface area contributed by atoms with Gasteiger partial charge in [0.1, 0.15) is 5.69 Å². The van der Waals surface area contributed by atoms with Gasteiger partial charge in [0, 0.05) is 17.7 Å². The Morgan fingerprint density at radius 1 is 1.18 bits per heavy atom. The summed E-state index contributed by atoms with van der Waals surface area (Å²) in [7, 11) is 6.68. The van der Waals surface area contributed by atoms with E-state index in [0.717, 1.165) is 29.4 Å². The first-order valence-corrected chi connectivity index (χ1v) is 11.5. The Kier molecular flexibility index (Phi) is 6.16. The van der Waals surface area contributed by atoms with E-state index in [0.29, 0.717) is 5.57 Å². The molecule has 2 aromatic carbocycles. The van der Waals surface area contributed by atoms with Crippen molar-refractivity contribution in [2.45, 2.75) is 43.8 Å². The zero-order valence-corrected chi connectivity index (χ0v) is 19.9. The van der Waals surface area contributed by atoms with Crippen LogP contribution in [0.2, 0.25) is 0 Å². The lowest BCUT2D eigenvalue weighted by atomic mass is 9.76. The number of rotatable bonds is 7. The second kappa shape index (κ2) is 8.76. The van der Waals surface area contributed by atoms with Crippen molar-refractivity contribution in [1.82, 2.24) is 14.7 Å². The van der Waals surface area contributed by atoms with Crippen LogP contribution in [0.25, 0.3) is 0 Å². The third kappa shape index (κ3) is 4.09. The number of amides is 1. The summed E-state index contributed by atoms with van der Waals surface area (Å²) < 4.78 is 0.787. The molecule has 0 unspecified atom stereocenters. The largest absolute Gasteiger partial charge is 0.548 e. The number of carboxylic acid groups (broad SMARTS) is 1. The Balaban J connectivity index is 1.54. The van der Waals surface area contributed by atoms with Crippen molar-refractivity contribution in [3.8, 4) is 0 Å². The molecule has 0 spiro atoms. The van der Waals surface area contributed by atoms with E-state index in [1.807, 2.05) is 36.4 Å². The van der Waals surface area contributed by atoms with Gasteiger partial charge in [-0.15, -0.1) is 0 Å². The fourth-order valence-corrected chi connectivity index (χ4v) is 6.02. The first kappa shape index (κ1) is 23.2. The average molecular weight is 448 g/mol. The molecule has 4 rings (SSSR count). The number of aliphatic carboxylic acids is 1. The molecule has 2 aliphatic rings. The molecule has 0 saturated carbocycles. The van der Waals surface area contributed by atoms with Crippen molar-refractivity contribution in [3.05, 3.63) is 77.4 Å². The van der Waals surface area contributed by atoms with Crippen LogP contribution in [0.4, 0.5) is 5.69 Å². The highest BCUT2D eigenvalue weighted by Gasteiger charge is 2.62. The molecule has 1 fully saturated rings. The Morgan fingerprint density at radius 2 is 1.85 bits per heavy atom. The molecule has 2 heterocycles. The number of para-hydroxylation sites is 1. The Morgan fingerprint density at radius 3 is 2.55 bits per heavy atom. The lowest BCUT2D eigenvalue weighted by molar-refractivity contribution is -0.308. The Labute approximate surface area is 196 Å². The quantitative estimate of drug-likeness (QED) is 0.520. The van der Waals surface area contributed by atoms with Gasteiger partial charge >= 0.3 is 0 Å². The van der Waals surface area contributed by atoms with Crippen molar-refractivity contribution in [2.24, 2.45) is 0 Å². The third-order valence-corrected chi connectivity index (χ3v) is 7.50. The van der Waals surface area contributed by atoms with Gasteiger partial charge in [-0.1, -0.05) is 54.6 Å². The second-order valence-electron chi connectivity index (χ2n) is 9.94. The number of benzene rings is 2. The number of quaternary nitrogens is 1. The predicted octanol–water partition coefficient (Wildman–Crippen LogP) is 1.98. The van der Waals surface area contributed by atoms with Gasteiger partial charge in [0.2, 0.25) is 5.91 Å². The Bertz CT molecular complexity index is 1080. The van der Waals surface area contributed by atoms with Gasteiger partial charge in [-0.05, 0) is 44.9 Å². The van der Waals surface area contributed by atoms with E-state index in [2.05, 4.69) is 55.6 Å². The molecule has 3 atom stereocenters. The summed E-state index contributed by atoms with van der Waals surface area (Å²) in [6.07, 6.45) is 4.22. The van der Waals surface area contributed by atoms with E-state index in [4.69, 9.17) is 0 Å². The summed E-state index contributed by atoms with van der Waals surface area (Å²) >= 11 is 0. The fourth-order valence-electron chi connectivity index (χ4n) is 6.02. The topological polar surface area (TPSA) is 72.5 Å². The van der Waals surface area contributed by atoms with Crippen molar-refractivity contribution in [2.75, 3.05) is 27.7 Å². The fraction of sp³-hybridized carbons (Fsp3) is 0.407. The molecule has 6 nitrogen and oxygen atoms in total. The SMILES string of the molecule is C/C(=C\C[C@@]12CCN(C)[C@@H]1[N+](C)(C)c1ccccc12)C(=O)N[C@@H](Cc1ccccc1)C(=O)[O-]. The highest BCUT2D eigenvalue weighted by molar-refractivity contribution is 5.95. The molecule has 6 heteroatoms. The van der Waals surface area contributed by atoms with E-state index >= 15 is 0 Å². The van der Waals surface area contributed by atoms with Crippen LogP contribution in [0, 0.1) is 0 Å². The molecule has 1 N–H and O–H groups in total. The van der Waals surface area contributed by atoms with Gasteiger partial charge in [0.25, 0.3) is 0 Å². The van der Waals surface area contributed by atoms with E-state index < -0.39 is 12.0 Å². The Hall–Kier alpha value is -2.96. The van der Waals surface area contributed by atoms with Crippen LogP contribution in [0.15, 0.2) is 66.2 Å². The van der Waals surface area contributed by atoms with Crippen LogP contribution in [0.5, 0.6) is 0 Å². The summed E-state index contributed by atoms with van der Waals surface area (Å²) in [6, 6.07) is 16.8. The number of likely N-dealkylation sites (N-methyl/N-ethyl adjacent to an activating group) is 2. The number of carboxylic acids is 1. The molecule has 2 aliphatic heterocycles. The molecule has 33 heavy (non-hydrogen) atoms. The second-order valence-corrected chi connectivity index (χ2v) is 9.94. The molecule has 1 amide bonds. The number of carbonyl (C=O) groups is 2. The summed E-state index contributed by atoms with van der Waals surface area (Å²) in [5, 5.41) is 14.3. The van der Waals surface area contributed by atoms with Crippen molar-refractivity contribution in [3.63, 3.8) is 0 Å². The van der Waals surface area contributed by atoms with Crippen LogP contribution < -0.4 is 14.9 Å². The smallest absolute Gasteiger partial charge is 0.247 e. The molecule has 2 aromatic rings. The lowest BCUT2D eigenvalue weighted by Gasteiger charge is -2.38. The van der Waals surface area contributed by atoms with Crippen molar-refractivity contribution >= 4 is 17.6 Å². The number of allylic oxidation sites excluding steroid dienone is 1. The van der Waals surface area contributed by atoms with Crippen LogP contribution in [0.3, 0.4) is 0 Å². The van der Waals surface area contributed by atoms with Crippen molar-refractivity contribution < 1.29 is 14.7 Å². The maximum Gasteiger partial charge on any atom is 0.247 e. The van der Waals surface area contributed by atoms with Crippen LogP contribution in [0.1, 0.15) is 30.9 Å². The number of carbonyl (C=O) groups excluding carboxylic acids is 2. The van der Waals surface area contributed by atoms with Gasteiger partial charge in [0.15, 0.2) is 6.17 Å². The summed E-state index contributed by atoms with van der Waals surface area (Å²) in [4.78, 5) is 27.0. The zero-order valence-electron chi connectivity index (χ0n) is 19.9. The monoisotopic (exact) mass is 447 g/mol. The highest BCUT2D eigenvalue weighted by Crippen LogP contribution is 2.55. The van der Waals surface area contributed by atoms with Gasteiger partial charge in [0.05, 0.1) is 31.5 Å².